The van der Waals surface area contributed by atoms with Gasteiger partial charge in [-0.2, -0.15) is 0 Å². The first-order chi connectivity index (χ1) is 16.8. The maximum Gasteiger partial charge on any atom is 0.376 e. The number of thiocarbonyl (C=S) groups is 1. The van der Waals surface area contributed by atoms with Gasteiger partial charge in [0.2, 0.25) is 0 Å². The average molecular weight is 540 g/mol. The lowest BCUT2D eigenvalue weighted by atomic mass is 9.93. The minimum atomic E-state index is -4.36. The molecule has 190 valence electrons. The number of rotatable bonds is 12. The monoisotopic (exact) mass is 539 g/mol. The first-order valence-corrected chi connectivity index (χ1v) is 14.9. The molecule has 11 heteroatoms. The molecule has 0 bridgehead atoms. The molecule has 0 spiro atoms. The summed E-state index contributed by atoms with van der Waals surface area (Å²) in [6, 6.07) is 14.5. The zero-order valence-electron chi connectivity index (χ0n) is 20.6. The van der Waals surface area contributed by atoms with Crippen molar-refractivity contribution in [3.05, 3.63) is 65.2 Å². The number of fused-ring (bicyclic) bond motifs is 1. The summed E-state index contributed by atoms with van der Waals surface area (Å²) in [5, 5.41) is -2.23. The van der Waals surface area contributed by atoms with Crippen molar-refractivity contribution in [2.24, 2.45) is 4.99 Å². The summed E-state index contributed by atoms with van der Waals surface area (Å²) in [5.41, 5.74) is 2.31. The van der Waals surface area contributed by atoms with E-state index in [1.54, 1.807) is 59.1 Å². The van der Waals surface area contributed by atoms with E-state index in [1.807, 2.05) is 24.3 Å². The van der Waals surface area contributed by atoms with Gasteiger partial charge in [0.1, 0.15) is 5.75 Å². The molecule has 1 heterocycles. The van der Waals surface area contributed by atoms with Crippen molar-refractivity contribution < 1.29 is 32.0 Å². The molecule has 0 radical (unpaired) electrons. The van der Waals surface area contributed by atoms with Crippen molar-refractivity contribution in [1.82, 2.24) is 0 Å². The quantitative estimate of drug-likeness (QED) is 0.224. The van der Waals surface area contributed by atoms with E-state index < -0.39 is 20.2 Å². The minimum Gasteiger partial charge on any atom is -0.497 e. The molecule has 35 heavy (non-hydrogen) atoms. The summed E-state index contributed by atoms with van der Waals surface area (Å²) in [6.07, 6.45) is 0. The van der Waals surface area contributed by atoms with E-state index in [0.29, 0.717) is 28.2 Å². The van der Waals surface area contributed by atoms with Gasteiger partial charge in [-0.05, 0) is 52.0 Å². The van der Waals surface area contributed by atoms with Gasteiger partial charge >= 0.3 is 15.2 Å². The second kappa shape index (κ2) is 11.6. The fraction of sp³-hybridized carbons (Fsp3) is 0.417. The summed E-state index contributed by atoms with van der Waals surface area (Å²) >= 11 is 5.90. The Kier molecular flexibility index (Phi) is 9.22. The third-order valence-corrected chi connectivity index (χ3v) is 12.2. The van der Waals surface area contributed by atoms with E-state index in [4.69, 9.17) is 40.0 Å². The van der Waals surface area contributed by atoms with Crippen LogP contribution >= 0.6 is 27.4 Å². The van der Waals surface area contributed by atoms with E-state index in [1.165, 1.54) is 0 Å². The van der Waals surface area contributed by atoms with Crippen LogP contribution in [0.5, 0.6) is 5.75 Å². The standard InChI is InChI=1S/C24H31NO7P2S/c1-6-29-33(26,30-7-2)24(34(27,31-8-3)32-9-4)23(35)21-13-11-10-12-20(21)22(25-24)18-14-16-19(28-5)17-15-18/h10-17H,6-9H2,1-5H3. The van der Waals surface area contributed by atoms with Crippen LogP contribution < -0.4 is 4.74 Å². The highest BCUT2D eigenvalue weighted by molar-refractivity contribution is 7.86. The predicted octanol–water partition coefficient (Wildman–Crippen LogP) is 6.45. The van der Waals surface area contributed by atoms with Crippen LogP contribution in [0, 0.1) is 0 Å². The number of hydrogen-bond acceptors (Lipinski definition) is 9. The molecular weight excluding hydrogens is 508 g/mol. The molecule has 0 fully saturated rings. The van der Waals surface area contributed by atoms with Crippen LogP contribution in [0.3, 0.4) is 0 Å². The van der Waals surface area contributed by atoms with Gasteiger partial charge in [-0.3, -0.25) is 9.13 Å². The van der Waals surface area contributed by atoms with Gasteiger partial charge in [0.25, 0.3) is 5.02 Å². The zero-order valence-corrected chi connectivity index (χ0v) is 23.2. The fourth-order valence-corrected chi connectivity index (χ4v) is 10.1. The van der Waals surface area contributed by atoms with Crippen LogP contribution in [0.4, 0.5) is 0 Å². The highest BCUT2D eigenvalue weighted by Gasteiger charge is 2.70. The topological polar surface area (TPSA) is 92.7 Å². The first kappa shape index (κ1) is 27.9. The molecule has 8 nitrogen and oxygen atoms in total. The van der Waals surface area contributed by atoms with E-state index in [-0.39, 0.29) is 31.3 Å². The van der Waals surface area contributed by atoms with Gasteiger partial charge in [-0.15, -0.1) is 0 Å². The van der Waals surface area contributed by atoms with Crippen LogP contribution in [-0.4, -0.2) is 49.1 Å². The third-order valence-electron chi connectivity index (χ3n) is 5.32. The van der Waals surface area contributed by atoms with Crippen LogP contribution in [0.15, 0.2) is 53.5 Å². The maximum atomic E-state index is 14.6. The Morgan fingerprint density at radius 3 is 1.66 bits per heavy atom. The summed E-state index contributed by atoms with van der Waals surface area (Å²) in [4.78, 5) is 4.92. The van der Waals surface area contributed by atoms with E-state index in [0.717, 1.165) is 0 Å². The minimum absolute atomic E-state index is 0.00886. The lowest BCUT2D eigenvalue weighted by molar-refractivity contribution is 0.189. The Morgan fingerprint density at radius 2 is 1.23 bits per heavy atom. The Bertz CT molecular complexity index is 1130. The Hall–Kier alpha value is -1.70. The Morgan fingerprint density at radius 1 is 0.771 bits per heavy atom. The highest BCUT2D eigenvalue weighted by atomic mass is 32.1. The van der Waals surface area contributed by atoms with E-state index in [9.17, 15) is 9.13 Å². The predicted molar refractivity (Wildman–Crippen MR) is 141 cm³/mol. The third kappa shape index (κ3) is 4.84. The Labute approximate surface area is 212 Å². The summed E-state index contributed by atoms with van der Waals surface area (Å²) in [5.74, 6) is 0.656. The number of hydrogen-bond donors (Lipinski definition) is 0. The fourth-order valence-electron chi connectivity index (χ4n) is 3.94. The van der Waals surface area contributed by atoms with Gasteiger partial charge in [0.15, 0.2) is 0 Å². The van der Waals surface area contributed by atoms with E-state index >= 15 is 0 Å². The first-order valence-electron chi connectivity index (χ1n) is 11.4. The van der Waals surface area contributed by atoms with Gasteiger partial charge in [0.05, 0.1) is 44.1 Å². The van der Waals surface area contributed by atoms with Crippen molar-refractivity contribution in [2.75, 3.05) is 33.5 Å². The summed E-state index contributed by atoms with van der Waals surface area (Å²) in [7, 11) is -7.14. The molecule has 3 rings (SSSR count). The van der Waals surface area contributed by atoms with Crippen molar-refractivity contribution in [3.8, 4) is 5.75 Å². The molecule has 2 aromatic carbocycles. The van der Waals surface area contributed by atoms with Crippen molar-refractivity contribution in [3.63, 3.8) is 0 Å². The van der Waals surface area contributed by atoms with Gasteiger partial charge < -0.3 is 22.8 Å². The number of ether oxygens (including phenoxy) is 1. The number of benzene rings is 2. The van der Waals surface area contributed by atoms with Crippen molar-refractivity contribution >= 4 is 38.0 Å². The lowest BCUT2D eigenvalue weighted by Gasteiger charge is -2.42. The molecule has 0 aromatic heterocycles. The molecule has 0 atom stereocenters. The van der Waals surface area contributed by atoms with E-state index in [2.05, 4.69) is 0 Å². The molecule has 0 unspecified atom stereocenters. The molecule has 2 aromatic rings. The molecule has 0 amide bonds. The highest BCUT2D eigenvalue weighted by Crippen LogP contribution is 2.80. The zero-order chi connectivity index (χ0) is 25.7. The maximum absolute atomic E-state index is 14.6. The van der Waals surface area contributed by atoms with Gasteiger partial charge in [-0.25, -0.2) is 4.99 Å². The Balaban J connectivity index is 2.48. The molecule has 0 N–H and O–H groups in total. The molecular formula is C24H31NO7P2S. The van der Waals surface area contributed by atoms with Crippen molar-refractivity contribution in [2.45, 2.75) is 32.7 Å². The molecule has 0 aliphatic carbocycles. The second-order valence-corrected chi connectivity index (χ2v) is 12.4. The summed E-state index contributed by atoms with van der Waals surface area (Å²) < 4.78 is 57.5. The van der Waals surface area contributed by atoms with Gasteiger partial charge in [0, 0.05) is 16.7 Å². The molecule has 0 saturated carbocycles. The normalized spacial score (nSPS) is 15.5. The lowest BCUT2D eigenvalue weighted by Crippen LogP contribution is -2.43. The SMILES string of the molecule is CCOP(=O)(OCC)C1(P(=O)(OCC)OCC)N=C(c2ccc(OC)cc2)c2ccccc2C1=S. The van der Waals surface area contributed by atoms with Crippen LogP contribution in [0.1, 0.15) is 44.4 Å². The van der Waals surface area contributed by atoms with Gasteiger partial charge in [-0.1, -0.05) is 36.5 Å². The number of nitrogens with zero attached hydrogens (tertiary/aromatic N) is 1. The molecule has 1 aliphatic rings. The molecule has 0 saturated heterocycles. The second-order valence-electron chi connectivity index (χ2n) is 7.37. The number of methoxy groups -OCH3 is 1. The van der Waals surface area contributed by atoms with Crippen LogP contribution in [0.25, 0.3) is 0 Å². The smallest absolute Gasteiger partial charge is 0.376 e. The largest absolute Gasteiger partial charge is 0.497 e. The summed E-state index contributed by atoms with van der Waals surface area (Å²) in [6.45, 7) is 6.70. The average Bonchev–Trinajstić information content (AvgIpc) is 2.85. The number of aliphatic imine (C=N–C) groups is 1. The van der Waals surface area contributed by atoms with Crippen molar-refractivity contribution in [1.29, 1.82) is 0 Å². The molecule has 1 aliphatic heterocycles. The van der Waals surface area contributed by atoms with Crippen LogP contribution in [0.2, 0.25) is 0 Å². The van der Waals surface area contributed by atoms with Crippen LogP contribution in [-0.2, 0) is 27.2 Å².